The van der Waals surface area contributed by atoms with E-state index in [4.69, 9.17) is 14.2 Å². The van der Waals surface area contributed by atoms with Crippen LogP contribution >= 0.6 is 0 Å². The molecule has 6 nitrogen and oxygen atoms in total. The Bertz CT molecular complexity index is 828. The number of hydrogen-bond acceptors (Lipinski definition) is 6. The molecule has 0 N–H and O–H groups in total. The summed E-state index contributed by atoms with van der Waals surface area (Å²) in [7, 11) is 0. The summed E-state index contributed by atoms with van der Waals surface area (Å²) >= 11 is 0. The van der Waals surface area contributed by atoms with Crippen LogP contribution < -0.4 is 0 Å². The highest BCUT2D eigenvalue weighted by atomic mass is 16.6. The van der Waals surface area contributed by atoms with E-state index < -0.39 is 6.10 Å². The Labute approximate surface area is 348 Å². The number of carbonyl (C=O) groups excluding carboxylic acids is 3. The van der Waals surface area contributed by atoms with Gasteiger partial charge in [0.15, 0.2) is 6.10 Å². The van der Waals surface area contributed by atoms with Gasteiger partial charge in [-0.05, 0) is 19.3 Å². The summed E-state index contributed by atoms with van der Waals surface area (Å²) < 4.78 is 16.7. The molecule has 0 radical (unpaired) electrons. The minimum Gasteiger partial charge on any atom is -0.462 e. The average molecular weight is 793 g/mol. The third-order valence-electron chi connectivity index (χ3n) is 11.4. The summed E-state index contributed by atoms with van der Waals surface area (Å²) in [6.45, 7) is 6.62. The fourth-order valence-corrected chi connectivity index (χ4v) is 7.56. The number of hydrogen-bond donors (Lipinski definition) is 0. The highest BCUT2D eigenvalue weighted by molar-refractivity contribution is 5.71. The number of unbranched alkanes of at least 4 members (excludes halogenated alkanes) is 35. The van der Waals surface area contributed by atoms with Crippen LogP contribution in [0, 0.1) is 0 Å². The maximum absolute atomic E-state index is 12.7. The van der Waals surface area contributed by atoms with Gasteiger partial charge in [-0.25, -0.2) is 0 Å². The molecule has 0 fully saturated rings. The van der Waals surface area contributed by atoms with E-state index in [2.05, 4.69) is 20.8 Å². The molecule has 56 heavy (non-hydrogen) atoms. The molecule has 0 aliphatic heterocycles. The Hall–Kier alpha value is -1.59. The van der Waals surface area contributed by atoms with Gasteiger partial charge in [0, 0.05) is 19.3 Å². The van der Waals surface area contributed by atoms with Gasteiger partial charge < -0.3 is 14.2 Å². The first-order valence-electron chi connectivity index (χ1n) is 25.0. The van der Waals surface area contributed by atoms with Crippen molar-refractivity contribution in [3.8, 4) is 0 Å². The molecule has 0 amide bonds. The molecule has 0 aliphatic rings. The molecule has 0 saturated carbocycles. The van der Waals surface area contributed by atoms with Crippen LogP contribution in [0.5, 0.6) is 0 Å². The molecule has 1 unspecified atom stereocenters. The maximum atomic E-state index is 12.7. The van der Waals surface area contributed by atoms with E-state index >= 15 is 0 Å². The zero-order chi connectivity index (χ0) is 40.8. The predicted molar refractivity (Wildman–Crippen MR) is 238 cm³/mol. The van der Waals surface area contributed by atoms with Crippen molar-refractivity contribution in [1.29, 1.82) is 0 Å². The molecule has 0 aliphatic carbocycles. The number of esters is 3. The van der Waals surface area contributed by atoms with Crippen LogP contribution in [0.1, 0.15) is 284 Å². The Morgan fingerprint density at radius 3 is 0.714 bits per heavy atom. The number of carbonyl (C=O) groups is 3. The first kappa shape index (κ1) is 54.4. The van der Waals surface area contributed by atoms with Crippen molar-refractivity contribution in [2.45, 2.75) is 290 Å². The third kappa shape index (κ3) is 43.5. The van der Waals surface area contributed by atoms with Crippen LogP contribution in [0.25, 0.3) is 0 Å². The Kier molecular flexibility index (Phi) is 44.8. The molecule has 0 aromatic heterocycles. The standard InChI is InChI=1S/C50H96O6/c1-4-7-10-13-16-19-20-21-22-23-24-25-26-27-28-29-30-32-34-37-40-43-49(52)55-46-47(45-54-48(51)42-39-36-33-18-15-12-9-6-3)56-50(53)44-41-38-35-31-17-14-11-8-5-2/h47H,4-46H2,1-3H3. The van der Waals surface area contributed by atoms with E-state index in [0.29, 0.717) is 19.3 Å². The minimum absolute atomic E-state index is 0.0629. The largest absolute Gasteiger partial charge is 0.462 e. The van der Waals surface area contributed by atoms with Crippen molar-refractivity contribution in [3.05, 3.63) is 0 Å². The first-order chi connectivity index (χ1) is 27.5. The fraction of sp³-hybridized carbons (Fsp3) is 0.940. The second-order valence-corrected chi connectivity index (χ2v) is 17.1. The summed E-state index contributed by atoms with van der Waals surface area (Å²) in [6.07, 6.45) is 48.2. The van der Waals surface area contributed by atoms with E-state index in [0.717, 1.165) is 57.8 Å². The molecule has 0 saturated heterocycles. The van der Waals surface area contributed by atoms with Crippen LogP contribution in [0.4, 0.5) is 0 Å². The first-order valence-corrected chi connectivity index (χ1v) is 25.0. The van der Waals surface area contributed by atoms with E-state index in [1.165, 1.54) is 186 Å². The number of rotatable bonds is 46. The van der Waals surface area contributed by atoms with Gasteiger partial charge in [-0.1, -0.05) is 245 Å². The Morgan fingerprint density at radius 2 is 0.482 bits per heavy atom. The van der Waals surface area contributed by atoms with Crippen LogP contribution in [0.3, 0.4) is 0 Å². The smallest absolute Gasteiger partial charge is 0.306 e. The summed E-state index contributed by atoms with van der Waals surface area (Å²) in [6, 6.07) is 0. The molecule has 0 rings (SSSR count). The molecule has 0 spiro atoms. The maximum Gasteiger partial charge on any atom is 0.306 e. The van der Waals surface area contributed by atoms with E-state index in [9.17, 15) is 14.4 Å². The van der Waals surface area contributed by atoms with Gasteiger partial charge in [-0.3, -0.25) is 14.4 Å². The molecule has 0 aromatic carbocycles. The second-order valence-electron chi connectivity index (χ2n) is 17.1. The normalized spacial score (nSPS) is 11.8. The van der Waals surface area contributed by atoms with Gasteiger partial charge in [-0.2, -0.15) is 0 Å². The lowest BCUT2D eigenvalue weighted by Gasteiger charge is -2.18. The minimum atomic E-state index is -0.757. The fourth-order valence-electron chi connectivity index (χ4n) is 7.56. The predicted octanol–water partition coefficient (Wildman–Crippen LogP) is 16.0. The van der Waals surface area contributed by atoms with Crippen molar-refractivity contribution in [3.63, 3.8) is 0 Å². The summed E-state index contributed by atoms with van der Waals surface area (Å²) in [5.74, 6) is -0.854. The Balaban J connectivity index is 4.09. The molecule has 6 heteroatoms. The lowest BCUT2D eigenvalue weighted by atomic mass is 10.0. The van der Waals surface area contributed by atoms with Gasteiger partial charge in [0.25, 0.3) is 0 Å². The molecule has 1 atom stereocenters. The lowest BCUT2D eigenvalue weighted by Crippen LogP contribution is -2.30. The molecular weight excluding hydrogens is 697 g/mol. The second kappa shape index (κ2) is 46.1. The van der Waals surface area contributed by atoms with Crippen molar-refractivity contribution >= 4 is 17.9 Å². The van der Waals surface area contributed by atoms with Crippen molar-refractivity contribution < 1.29 is 28.6 Å². The van der Waals surface area contributed by atoms with E-state index in [-0.39, 0.29) is 31.1 Å². The highest BCUT2D eigenvalue weighted by Crippen LogP contribution is 2.17. The topological polar surface area (TPSA) is 78.9 Å². The molecule has 0 heterocycles. The van der Waals surface area contributed by atoms with Crippen LogP contribution in [-0.2, 0) is 28.6 Å². The van der Waals surface area contributed by atoms with Crippen molar-refractivity contribution in [2.24, 2.45) is 0 Å². The van der Waals surface area contributed by atoms with Gasteiger partial charge >= 0.3 is 17.9 Å². The van der Waals surface area contributed by atoms with Crippen molar-refractivity contribution in [2.75, 3.05) is 13.2 Å². The van der Waals surface area contributed by atoms with Gasteiger partial charge in [-0.15, -0.1) is 0 Å². The molecule has 0 bridgehead atoms. The van der Waals surface area contributed by atoms with E-state index in [1.807, 2.05) is 0 Å². The van der Waals surface area contributed by atoms with Crippen LogP contribution in [-0.4, -0.2) is 37.2 Å². The zero-order valence-corrected chi connectivity index (χ0v) is 37.9. The summed E-state index contributed by atoms with van der Waals surface area (Å²) in [5.41, 5.74) is 0. The Morgan fingerprint density at radius 1 is 0.286 bits per heavy atom. The summed E-state index contributed by atoms with van der Waals surface area (Å²) in [5, 5.41) is 0. The number of ether oxygens (including phenoxy) is 3. The van der Waals surface area contributed by atoms with Gasteiger partial charge in [0.1, 0.15) is 13.2 Å². The molecule has 332 valence electrons. The SMILES string of the molecule is CCCCCCCCCCCCCCCCCCCCCCCC(=O)OCC(COC(=O)CCCCCCCCCC)OC(=O)CCCCCCCCCCC. The average Bonchev–Trinajstić information content (AvgIpc) is 3.19. The van der Waals surface area contributed by atoms with Crippen molar-refractivity contribution in [1.82, 2.24) is 0 Å². The monoisotopic (exact) mass is 793 g/mol. The third-order valence-corrected chi connectivity index (χ3v) is 11.4. The molecule has 0 aromatic rings. The zero-order valence-electron chi connectivity index (χ0n) is 37.9. The van der Waals surface area contributed by atoms with Gasteiger partial charge in [0.2, 0.25) is 0 Å². The summed E-state index contributed by atoms with van der Waals surface area (Å²) in [4.78, 5) is 37.6. The quantitative estimate of drug-likeness (QED) is 0.0347. The van der Waals surface area contributed by atoms with E-state index in [1.54, 1.807) is 0 Å². The van der Waals surface area contributed by atoms with Gasteiger partial charge in [0.05, 0.1) is 0 Å². The molecular formula is C50H96O6. The van der Waals surface area contributed by atoms with Crippen LogP contribution in [0.15, 0.2) is 0 Å². The van der Waals surface area contributed by atoms with Crippen LogP contribution in [0.2, 0.25) is 0 Å². The highest BCUT2D eigenvalue weighted by Gasteiger charge is 2.19. The lowest BCUT2D eigenvalue weighted by molar-refractivity contribution is -0.167.